The van der Waals surface area contributed by atoms with Crippen molar-refractivity contribution in [3.63, 3.8) is 0 Å². The maximum absolute atomic E-state index is 14.3. The van der Waals surface area contributed by atoms with Gasteiger partial charge in [0.05, 0.1) is 19.8 Å². The van der Waals surface area contributed by atoms with E-state index in [0.29, 0.717) is 11.3 Å². The first-order chi connectivity index (χ1) is 8.27. The van der Waals surface area contributed by atoms with Crippen molar-refractivity contribution in [3.05, 3.63) is 23.5 Å². The highest BCUT2D eigenvalue weighted by Crippen LogP contribution is 2.36. The summed E-state index contributed by atoms with van der Waals surface area (Å²) in [6.45, 7) is 0.921. The van der Waals surface area contributed by atoms with E-state index in [-0.39, 0.29) is 17.6 Å². The van der Waals surface area contributed by atoms with Gasteiger partial charge in [-0.2, -0.15) is 0 Å². The van der Waals surface area contributed by atoms with Gasteiger partial charge in [0.1, 0.15) is 5.75 Å². The summed E-state index contributed by atoms with van der Waals surface area (Å²) < 4.78 is 24.5. The predicted molar refractivity (Wildman–Crippen MR) is 64.1 cm³/mol. The summed E-state index contributed by atoms with van der Waals surface area (Å²) in [5.74, 6) is 0.544. The largest absolute Gasteiger partial charge is 0.496 e. The van der Waals surface area contributed by atoms with Crippen LogP contribution in [0.5, 0.6) is 11.5 Å². The molecule has 1 aromatic rings. The number of hydrogen-bond acceptors (Lipinski definition) is 3. The van der Waals surface area contributed by atoms with E-state index in [2.05, 4.69) is 5.32 Å². The molecule has 1 aliphatic rings. The lowest BCUT2D eigenvalue weighted by molar-refractivity contribution is 0.343. The second kappa shape index (κ2) is 5.36. The van der Waals surface area contributed by atoms with Gasteiger partial charge in [-0.25, -0.2) is 4.39 Å². The van der Waals surface area contributed by atoms with Crippen molar-refractivity contribution < 1.29 is 13.9 Å². The first-order valence-electron chi connectivity index (χ1n) is 5.91. The van der Waals surface area contributed by atoms with Crippen molar-refractivity contribution in [1.29, 1.82) is 0 Å². The Morgan fingerprint density at radius 3 is 2.47 bits per heavy atom. The molecule has 0 bridgehead atoms. The molecule has 1 heterocycles. The van der Waals surface area contributed by atoms with Gasteiger partial charge < -0.3 is 14.8 Å². The molecule has 0 aromatic heterocycles. The molecule has 0 amide bonds. The molecule has 1 aromatic carbocycles. The summed E-state index contributed by atoms with van der Waals surface area (Å²) in [5, 5.41) is 3.33. The molecule has 1 fully saturated rings. The molecule has 0 radical (unpaired) electrons. The fourth-order valence-corrected chi connectivity index (χ4v) is 2.31. The maximum Gasteiger partial charge on any atom is 0.173 e. The van der Waals surface area contributed by atoms with E-state index >= 15 is 0 Å². The number of benzene rings is 1. The van der Waals surface area contributed by atoms with Gasteiger partial charge in [0.2, 0.25) is 0 Å². The lowest BCUT2D eigenvalue weighted by Crippen LogP contribution is -2.28. The Hall–Kier alpha value is -1.29. The molecular weight excluding hydrogens is 221 g/mol. The minimum absolute atomic E-state index is 0.0220. The highest BCUT2D eigenvalue weighted by atomic mass is 19.1. The molecule has 4 heteroatoms. The number of halogens is 1. The average molecular weight is 239 g/mol. The Bertz CT molecular complexity index is 389. The van der Waals surface area contributed by atoms with Crippen LogP contribution in [-0.4, -0.2) is 20.8 Å². The van der Waals surface area contributed by atoms with Gasteiger partial charge in [0.25, 0.3) is 0 Å². The summed E-state index contributed by atoms with van der Waals surface area (Å²) in [5.41, 5.74) is 0.589. The average Bonchev–Trinajstić information content (AvgIpc) is 2.39. The molecular formula is C13H18FNO2. The number of nitrogens with one attached hydrogen (secondary N) is 1. The van der Waals surface area contributed by atoms with E-state index in [4.69, 9.17) is 9.47 Å². The van der Waals surface area contributed by atoms with Crippen molar-refractivity contribution in [1.82, 2.24) is 5.32 Å². The normalized spacial score (nSPS) is 20.1. The van der Waals surface area contributed by atoms with Crippen molar-refractivity contribution >= 4 is 0 Å². The number of ether oxygens (including phenoxy) is 2. The van der Waals surface area contributed by atoms with Crippen LogP contribution in [0, 0.1) is 5.82 Å². The van der Waals surface area contributed by atoms with Crippen LogP contribution in [0.25, 0.3) is 0 Å². The first kappa shape index (κ1) is 12.2. The third-order valence-corrected chi connectivity index (χ3v) is 3.20. The number of hydrogen-bond donors (Lipinski definition) is 1. The number of rotatable bonds is 3. The summed E-state index contributed by atoms with van der Waals surface area (Å²) in [6, 6.07) is 3.38. The van der Waals surface area contributed by atoms with Crippen LogP contribution >= 0.6 is 0 Å². The molecule has 0 saturated carbocycles. The number of piperidine rings is 1. The Kier molecular flexibility index (Phi) is 3.84. The van der Waals surface area contributed by atoms with E-state index in [1.807, 2.05) is 0 Å². The summed E-state index contributed by atoms with van der Waals surface area (Å²) in [4.78, 5) is 0. The van der Waals surface area contributed by atoms with Crippen LogP contribution in [-0.2, 0) is 0 Å². The summed E-state index contributed by atoms with van der Waals surface area (Å²) in [7, 11) is 3.04. The standard InChI is InChI=1S/C13H18FNO2/c1-16-10-6-7-11(17-2)13(14)12(10)9-5-3-4-8-15-9/h6-7,9,15H,3-5,8H2,1-2H3. The Morgan fingerprint density at radius 2 is 1.88 bits per heavy atom. The van der Waals surface area contributed by atoms with E-state index in [1.54, 1.807) is 19.2 Å². The SMILES string of the molecule is COc1ccc(OC)c(C2CCCCN2)c1F. The quantitative estimate of drug-likeness (QED) is 0.879. The highest BCUT2D eigenvalue weighted by molar-refractivity contribution is 5.44. The second-order valence-corrected chi connectivity index (χ2v) is 4.20. The highest BCUT2D eigenvalue weighted by Gasteiger charge is 2.24. The fraction of sp³-hybridized carbons (Fsp3) is 0.538. The third kappa shape index (κ3) is 2.36. The molecule has 1 N–H and O–H groups in total. The Balaban J connectivity index is 2.40. The van der Waals surface area contributed by atoms with E-state index in [1.165, 1.54) is 7.11 Å². The zero-order chi connectivity index (χ0) is 12.3. The second-order valence-electron chi connectivity index (χ2n) is 4.20. The fourth-order valence-electron chi connectivity index (χ4n) is 2.31. The van der Waals surface area contributed by atoms with Crippen LogP contribution < -0.4 is 14.8 Å². The zero-order valence-corrected chi connectivity index (χ0v) is 10.3. The van der Waals surface area contributed by atoms with Crippen molar-refractivity contribution in [2.24, 2.45) is 0 Å². The number of methoxy groups -OCH3 is 2. The van der Waals surface area contributed by atoms with Crippen LogP contribution in [0.2, 0.25) is 0 Å². The van der Waals surface area contributed by atoms with E-state index in [0.717, 1.165) is 25.8 Å². The van der Waals surface area contributed by atoms with Crippen molar-refractivity contribution in [2.45, 2.75) is 25.3 Å². The third-order valence-electron chi connectivity index (χ3n) is 3.20. The minimum Gasteiger partial charge on any atom is -0.496 e. The smallest absolute Gasteiger partial charge is 0.173 e. The van der Waals surface area contributed by atoms with Gasteiger partial charge in [0.15, 0.2) is 11.6 Å². The van der Waals surface area contributed by atoms with Crippen LogP contribution in [0.3, 0.4) is 0 Å². The molecule has 1 saturated heterocycles. The molecule has 17 heavy (non-hydrogen) atoms. The Labute approximate surface area is 101 Å². The van der Waals surface area contributed by atoms with Gasteiger partial charge in [0, 0.05) is 6.04 Å². The minimum atomic E-state index is -0.314. The monoisotopic (exact) mass is 239 g/mol. The van der Waals surface area contributed by atoms with Gasteiger partial charge in [-0.15, -0.1) is 0 Å². The molecule has 1 aliphatic heterocycles. The maximum atomic E-state index is 14.3. The Morgan fingerprint density at radius 1 is 1.18 bits per heavy atom. The lowest BCUT2D eigenvalue weighted by Gasteiger charge is -2.26. The van der Waals surface area contributed by atoms with Crippen LogP contribution in [0.4, 0.5) is 4.39 Å². The molecule has 2 rings (SSSR count). The molecule has 0 spiro atoms. The van der Waals surface area contributed by atoms with Gasteiger partial charge in [-0.05, 0) is 31.5 Å². The van der Waals surface area contributed by atoms with E-state index in [9.17, 15) is 4.39 Å². The van der Waals surface area contributed by atoms with Crippen LogP contribution in [0.15, 0.2) is 12.1 Å². The first-order valence-corrected chi connectivity index (χ1v) is 5.91. The topological polar surface area (TPSA) is 30.5 Å². The lowest BCUT2D eigenvalue weighted by atomic mass is 9.96. The molecule has 94 valence electrons. The molecule has 1 unspecified atom stereocenters. The molecule has 3 nitrogen and oxygen atoms in total. The zero-order valence-electron chi connectivity index (χ0n) is 10.3. The summed E-state index contributed by atoms with van der Waals surface area (Å²) in [6.07, 6.45) is 3.18. The molecule has 0 aliphatic carbocycles. The van der Waals surface area contributed by atoms with Crippen molar-refractivity contribution in [3.8, 4) is 11.5 Å². The van der Waals surface area contributed by atoms with E-state index < -0.39 is 0 Å². The van der Waals surface area contributed by atoms with Gasteiger partial charge >= 0.3 is 0 Å². The molecule has 1 atom stereocenters. The van der Waals surface area contributed by atoms with Crippen molar-refractivity contribution in [2.75, 3.05) is 20.8 Å². The van der Waals surface area contributed by atoms with Crippen LogP contribution in [0.1, 0.15) is 30.9 Å². The summed E-state index contributed by atoms with van der Waals surface area (Å²) >= 11 is 0. The van der Waals surface area contributed by atoms with Gasteiger partial charge in [-0.1, -0.05) is 6.42 Å². The predicted octanol–water partition coefficient (Wildman–Crippen LogP) is 2.66. The van der Waals surface area contributed by atoms with Gasteiger partial charge in [-0.3, -0.25) is 0 Å².